The van der Waals surface area contributed by atoms with Gasteiger partial charge in [-0.2, -0.15) is 17.8 Å². The largest absolute Gasteiger partial charge is 0.411 e. The summed E-state index contributed by atoms with van der Waals surface area (Å²) in [5.41, 5.74) is 1.24. The predicted molar refractivity (Wildman–Crippen MR) is 127 cm³/mol. The molecule has 0 radical (unpaired) electrons. The van der Waals surface area contributed by atoms with Crippen molar-refractivity contribution in [2.45, 2.75) is 18.9 Å². The number of nitrogens with zero attached hydrogens (tertiary/aromatic N) is 4. The number of aromatic nitrogens is 3. The first-order valence-electron chi connectivity index (χ1n) is 10.7. The molecule has 1 saturated heterocycles. The average molecular weight is 502 g/mol. The molecule has 4 aromatic rings. The second-order valence-electron chi connectivity index (χ2n) is 8.27. The number of benzene rings is 2. The van der Waals surface area contributed by atoms with Gasteiger partial charge in [0.15, 0.2) is 5.82 Å². The number of hydrogen-bond donors (Lipinski definition) is 4. The highest BCUT2D eigenvalue weighted by Crippen LogP contribution is 2.36. The minimum atomic E-state index is -3.75. The van der Waals surface area contributed by atoms with Gasteiger partial charge in [0, 0.05) is 29.9 Å². The molecule has 10 nitrogen and oxygen atoms in total. The zero-order valence-electron chi connectivity index (χ0n) is 18.2. The van der Waals surface area contributed by atoms with Crippen LogP contribution in [0.3, 0.4) is 0 Å². The number of fused-ring (bicyclic) bond motifs is 3. The third kappa shape index (κ3) is 4.29. The molecule has 0 bridgehead atoms. The Balaban J connectivity index is 1.62. The summed E-state index contributed by atoms with van der Waals surface area (Å²) < 4.78 is 54.0. The Bertz CT molecular complexity index is 1540. The van der Waals surface area contributed by atoms with Gasteiger partial charge in [-0.1, -0.05) is 23.4 Å². The van der Waals surface area contributed by atoms with Gasteiger partial charge in [0.1, 0.15) is 17.2 Å². The Morgan fingerprint density at radius 1 is 1.17 bits per heavy atom. The normalized spacial score (nSPS) is 16.0. The van der Waals surface area contributed by atoms with Gasteiger partial charge in [-0.05, 0) is 36.6 Å². The van der Waals surface area contributed by atoms with Crippen LogP contribution in [-0.2, 0) is 10.2 Å². The number of nitrogens with one attached hydrogen (secondary N) is 2. The Hall–Kier alpha value is -3.68. The topological polar surface area (TPSA) is 150 Å². The van der Waals surface area contributed by atoms with Crippen LogP contribution in [0.4, 0.5) is 14.6 Å². The summed E-state index contributed by atoms with van der Waals surface area (Å²) in [5.74, 6) is -1.16. The molecule has 2 aromatic heterocycles. The van der Waals surface area contributed by atoms with Crippen molar-refractivity contribution < 1.29 is 22.4 Å². The average Bonchev–Trinajstić information content (AvgIpc) is 3.21. The van der Waals surface area contributed by atoms with E-state index in [2.05, 4.69) is 25.7 Å². The number of pyridine rings is 1. The van der Waals surface area contributed by atoms with E-state index in [1.807, 2.05) is 0 Å². The lowest BCUT2D eigenvalue weighted by molar-refractivity contribution is 0.322. The highest BCUT2D eigenvalue weighted by Gasteiger charge is 2.27. The number of H-pyrrole nitrogens is 1. The van der Waals surface area contributed by atoms with Gasteiger partial charge >= 0.3 is 0 Å². The van der Waals surface area contributed by atoms with E-state index in [-0.39, 0.29) is 30.4 Å². The van der Waals surface area contributed by atoms with E-state index < -0.39 is 21.8 Å². The van der Waals surface area contributed by atoms with E-state index >= 15 is 0 Å². The third-order valence-corrected chi connectivity index (χ3v) is 7.18. The highest BCUT2D eigenvalue weighted by atomic mass is 32.2. The van der Waals surface area contributed by atoms with E-state index in [4.69, 9.17) is 10.3 Å². The smallest absolute Gasteiger partial charge is 0.276 e. The molecule has 5 rings (SSSR count). The van der Waals surface area contributed by atoms with E-state index in [0.717, 1.165) is 12.1 Å². The van der Waals surface area contributed by atoms with Crippen LogP contribution in [0.25, 0.3) is 33.1 Å². The predicted octanol–water partition coefficient (Wildman–Crippen LogP) is 2.94. The first-order chi connectivity index (χ1) is 16.8. The van der Waals surface area contributed by atoms with Crippen LogP contribution in [0, 0.1) is 11.6 Å². The second kappa shape index (κ2) is 8.83. The number of oxime groups is 1. The van der Waals surface area contributed by atoms with Crippen molar-refractivity contribution in [2.24, 2.45) is 10.3 Å². The first kappa shape index (κ1) is 23.1. The van der Waals surface area contributed by atoms with E-state index in [9.17, 15) is 17.2 Å². The van der Waals surface area contributed by atoms with Crippen LogP contribution in [0.5, 0.6) is 0 Å². The monoisotopic (exact) mass is 501 g/mol. The molecule has 0 atom stereocenters. The maximum atomic E-state index is 14.8. The van der Waals surface area contributed by atoms with Crippen LogP contribution < -0.4 is 10.5 Å². The number of piperidine rings is 1. The Labute approximate surface area is 198 Å². The van der Waals surface area contributed by atoms with Gasteiger partial charge in [-0.3, -0.25) is 5.10 Å². The molecule has 2 aromatic carbocycles. The molecule has 13 heteroatoms. The summed E-state index contributed by atoms with van der Waals surface area (Å²) in [7, 11) is -3.75. The van der Waals surface area contributed by atoms with E-state index in [1.54, 1.807) is 18.2 Å². The van der Waals surface area contributed by atoms with Gasteiger partial charge in [0.05, 0.1) is 23.0 Å². The lowest BCUT2D eigenvalue weighted by Gasteiger charge is -2.30. The molecule has 35 heavy (non-hydrogen) atoms. The minimum Gasteiger partial charge on any atom is -0.411 e. The van der Waals surface area contributed by atoms with Crippen molar-refractivity contribution in [2.75, 3.05) is 18.4 Å². The fraction of sp³-hybridized carbons (Fsp3) is 0.227. The molecule has 0 saturated carbocycles. The molecule has 0 unspecified atom stereocenters. The van der Waals surface area contributed by atoms with Crippen LogP contribution in [0.1, 0.15) is 18.4 Å². The molecule has 3 heterocycles. The van der Waals surface area contributed by atoms with Crippen molar-refractivity contribution in [1.82, 2.24) is 19.5 Å². The molecule has 0 spiro atoms. The van der Waals surface area contributed by atoms with Crippen molar-refractivity contribution in [3.8, 4) is 11.3 Å². The number of rotatable bonds is 5. The number of aromatic amines is 1. The van der Waals surface area contributed by atoms with Crippen molar-refractivity contribution in [3.05, 3.63) is 53.6 Å². The van der Waals surface area contributed by atoms with Crippen molar-refractivity contribution in [3.63, 3.8) is 0 Å². The standard InChI is InChI=1S/C22H21F2N7O3S/c23-16-2-1-3-17(24)18(16)19-15-10-12(11-26-32)4-5-14(15)20-21(28-19)22(30-29-20)27-13-6-8-31(9-7-13)35(25,33)34/h1-5,10-11,13,32H,6-9H2,(H2,25,33,34)(H2,27,29,30). The summed E-state index contributed by atoms with van der Waals surface area (Å²) in [6.45, 7) is 0.520. The summed E-state index contributed by atoms with van der Waals surface area (Å²) in [6.07, 6.45) is 2.20. The maximum Gasteiger partial charge on any atom is 0.276 e. The zero-order chi connectivity index (χ0) is 24.7. The van der Waals surface area contributed by atoms with Crippen LogP contribution >= 0.6 is 0 Å². The third-order valence-electron chi connectivity index (χ3n) is 6.09. The summed E-state index contributed by atoms with van der Waals surface area (Å²) >= 11 is 0. The molecule has 0 aliphatic carbocycles. The molecule has 182 valence electrons. The maximum absolute atomic E-state index is 14.8. The Morgan fingerprint density at radius 3 is 2.54 bits per heavy atom. The number of nitrogens with two attached hydrogens (primary N) is 1. The second-order valence-corrected chi connectivity index (χ2v) is 9.81. The Morgan fingerprint density at radius 2 is 1.89 bits per heavy atom. The molecular formula is C22H21F2N7O3S. The fourth-order valence-corrected chi connectivity index (χ4v) is 5.11. The lowest BCUT2D eigenvalue weighted by Crippen LogP contribution is -2.45. The first-order valence-corrected chi connectivity index (χ1v) is 12.2. The summed E-state index contributed by atoms with van der Waals surface area (Å²) in [4.78, 5) is 4.61. The van der Waals surface area contributed by atoms with Gasteiger partial charge in [-0.25, -0.2) is 18.9 Å². The molecule has 5 N–H and O–H groups in total. The molecule has 0 amide bonds. The zero-order valence-corrected chi connectivity index (χ0v) is 19.1. The van der Waals surface area contributed by atoms with Crippen LogP contribution in [0.15, 0.2) is 41.6 Å². The molecular weight excluding hydrogens is 480 g/mol. The van der Waals surface area contributed by atoms with E-state index in [1.165, 1.54) is 16.6 Å². The Kier molecular flexibility index (Phi) is 5.83. The molecule has 1 aliphatic rings. The van der Waals surface area contributed by atoms with Crippen LogP contribution in [-0.4, -0.2) is 58.5 Å². The summed E-state index contributed by atoms with van der Waals surface area (Å²) in [6, 6.07) is 8.53. The minimum absolute atomic E-state index is 0.0739. The van der Waals surface area contributed by atoms with Crippen LogP contribution in [0.2, 0.25) is 0 Å². The number of anilines is 1. The van der Waals surface area contributed by atoms with Gasteiger partial charge in [-0.15, -0.1) is 0 Å². The van der Waals surface area contributed by atoms with Crippen molar-refractivity contribution >= 4 is 44.0 Å². The van der Waals surface area contributed by atoms with E-state index in [0.29, 0.717) is 46.0 Å². The quantitative estimate of drug-likeness (QED) is 0.188. The summed E-state index contributed by atoms with van der Waals surface area (Å²) in [5, 5.41) is 28.8. The number of halogens is 2. The fourth-order valence-electron chi connectivity index (χ4n) is 4.39. The van der Waals surface area contributed by atoms with Crippen molar-refractivity contribution in [1.29, 1.82) is 0 Å². The highest BCUT2D eigenvalue weighted by molar-refractivity contribution is 7.86. The molecule has 1 aliphatic heterocycles. The SMILES string of the molecule is NS(=O)(=O)N1CCC(Nc2n[nH]c3c2nc(-c2c(F)cccc2F)c2cc(C=NO)ccc23)CC1. The lowest BCUT2D eigenvalue weighted by atomic mass is 10.00. The number of hydrogen-bond acceptors (Lipinski definition) is 7. The van der Waals surface area contributed by atoms with Gasteiger partial charge < -0.3 is 10.5 Å². The van der Waals surface area contributed by atoms with Gasteiger partial charge in [0.25, 0.3) is 10.2 Å². The van der Waals surface area contributed by atoms with Gasteiger partial charge in [0.2, 0.25) is 0 Å². The molecule has 1 fully saturated rings.